The third-order valence-corrected chi connectivity index (χ3v) is 1.72. The summed E-state index contributed by atoms with van der Waals surface area (Å²) in [5.74, 6) is -1.02. The summed E-state index contributed by atoms with van der Waals surface area (Å²) in [4.78, 5) is 14.9. The first-order valence-electron chi connectivity index (χ1n) is 4.66. The van der Waals surface area contributed by atoms with Gasteiger partial charge in [0.2, 0.25) is 0 Å². The largest absolute Gasteiger partial charge is 0.464 e. The molecule has 3 nitrogen and oxygen atoms in total. The van der Waals surface area contributed by atoms with Crippen LogP contribution in [0.25, 0.3) is 0 Å². The minimum absolute atomic E-state index is 0.123. The van der Waals surface area contributed by atoms with Crippen LogP contribution in [0, 0.1) is 6.92 Å². The summed E-state index contributed by atoms with van der Waals surface area (Å²) in [5.41, 5.74) is 0.573. The maximum Gasteiger partial charge on any atom is 0.356 e. The zero-order valence-corrected chi connectivity index (χ0v) is 7.05. The van der Waals surface area contributed by atoms with Crippen molar-refractivity contribution in [1.29, 1.82) is 0 Å². The Morgan fingerprint density at radius 1 is 1.75 bits per heavy atom. The number of aromatic nitrogens is 1. The van der Waals surface area contributed by atoms with Gasteiger partial charge in [0.15, 0.2) is 0 Å². The van der Waals surface area contributed by atoms with E-state index in [1.807, 2.05) is 0 Å². The van der Waals surface area contributed by atoms with Crippen molar-refractivity contribution >= 4 is 17.6 Å². The summed E-state index contributed by atoms with van der Waals surface area (Å²) >= 11 is 5.67. The van der Waals surface area contributed by atoms with Gasteiger partial charge >= 0.3 is 5.97 Å². The van der Waals surface area contributed by atoms with Gasteiger partial charge in [-0.25, -0.2) is 9.78 Å². The highest BCUT2D eigenvalue weighted by atomic mass is 35.5. The zero-order valence-electron chi connectivity index (χ0n) is 9.30. The molecule has 0 aliphatic rings. The third kappa shape index (κ3) is 1.74. The van der Waals surface area contributed by atoms with Crippen LogP contribution in [0.5, 0.6) is 0 Å². The molecule has 0 saturated carbocycles. The molecule has 0 unspecified atom stereocenters. The number of ether oxygens (including phenoxy) is 1. The van der Waals surface area contributed by atoms with E-state index in [1.165, 1.54) is 6.07 Å². The summed E-state index contributed by atoms with van der Waals surface area (Å²) < 4.78 is 24.4. The molecule has 0 aliphatic heterocycles. The molecule has 64 valence electrons. The van der Waals surface area contributed by atoms with E-state index < -0.39 is 13.0 Å². The van der Waals surface area contributed by atoms with E-state index in [0.29, 0.717) is 5.56 Å². The zero-order chi connectivity index (χ0) is 11.6. The van der Waals surface area contributed by atoms with Crippen LogP contribution in [0.3, 0.4) is 0 Å². The van der Waals surface area contributed by atoms with Gasteiger partial charge < -0.3 is 4.74 Å². The molecule has 0 aromatic carbocycles. The predicted molar refractivity (Wildman–Crippen MR) is 45.3 cm³/mol. The van der Waals surface area contributed by atoms with Crippen molar-refractivity contribution in [2.24, 2.45) is 0 Å². The fourth-order valence-corrected chi connectivity index (χ4v) is 0.824. The molecule has 4 heteroatoms. The first kappa shape index (κ1) is 5.54. The molecule has 0 bridgehead atoms. The quantitative estimate of drug-likeness (QED) is 0.499. The van der Waals surface area contributed by atoms with Crippen molar-refractivity contribution in [3.63, 3.8) is 0 Å². The van der Waals surface area contributed by atoms with Gasteiger partial charge in [-0.15, -0.1) is 0 Å². The topological polar surface area (TPSA) is 39.2 Å². The lowest BCUT2D eigenvalue weighted by Crippen LogP contribution is -2.04. The van der Waals surface area contributed by atoms with Gasteiger partial charge in [-0.2, -0.15) is 0 Å². The van der Waals surface area contributed by atoms with E-state index in [0.717, 1.165) is 0 Å². The first-order chi connectivity index (χ1) is 6.79. The molecule has 0 atom stereocenters. The van der Waals surface area contributed by atoms with Crippen LogP contribution in [0.15, 0.2) is 12.1 Å². The van der Waals surface area contributed by atoms with Gasteiger partial charge in [0, 0.05) is 0 Å². The fraction of sp³-hybridized carbons (Fsp3) is 0.250. The molecule has 1 aromatic heterocycles. The van der Waals surface area contributed by atoms with Crippen LogP contribution in [-0.2, 0) is 4.74 Å². The number of pyridine rings is 1. The van der Waals surface area contributed by atoms with Crippen LogP contribution >= 0.6 is 11.6 Å². The van der Waals surface area contributed by atoms with Crippen molar-refractivity contribution in [2.45, 2.75) is 6.92 Å². The number of rotatable bonds is 1. The molecular formula is C8H8ClNO2. The molecule has 1 aromatic rings. The minimum atomic E-state index is -2.77. The maximum absolute atomic E-state index is 11.2. The Morgan fingerprint density at radius 3 is 3.08 bits per heavy atom. The lowest BCUT2D eigenvalue weighted by Gasteiger charge is -1.99. The number of hydrogen-bond donors (Lipinski definition) is 0. The summed E-state index contributed by atoms with van der Waals surface area (Å²) in [5, 5.41) is 0.148. The Hall–Kier alpha value is -1.09. The lowest BCUT2D eigenvalue weighted by atomic mass is 10.3. The van der Waals surface area contributed by atoms with Crippen molar-refractivity contribution in [1.82, 2.24) is 4.98 Å². The van der Waals surface area contributed by atoms with Crippen molar-refractivity contribution in [3.8, 4) is 0 Å². The molecule has 0 aliphatic carbocycles. The van der Waals surface area contributed by atoms with Crippen molar-refractivity contribution in [2.75, 3.05) is 7.04 Å². The van der Waals surface area contributed by atoms with Gasteiger partial charge in [-0.3, -0.25) is 0 Å². The number of aryl methyl sites for hydroxylation is 1. The molecule has 0 amide bonds. The number of methoxy groups -OCH3 is 1. The second-order valence-corrected chi connectivity index (χ2v) is 2.55. The number of esters is 1. The number of halogens is 1. The minimum Gasteiger partial charge on any atom is -0.464 e. The van der Waals surface area contributed by atoms with E-state index in [4.69, 9.17) is 15.7 Å². The molecule has 0 radical (unpaired) electrons. The Labute approximate surface area is 79.5 Å². The molecule has 0 spiro atoms. The number of carbonyl (C=O) groups excluding carboxylic acids is 1. The van der Waals surface area contributed by atoms with Crippen LogP contribution < -0.4 is 0 Å². The molecule has 12 heavy (non-hydrogen) atoms. The van der Waals surface area contributed by atoms with Crippen LogP contribution in [0.1, 0.15) is 20.2 Å². The predicted octanol–water partition coefficient (Wildman–Crippen LogP) is 1.83. The first-order valence-corrected chi connectivity index (χ1v) is 3.54. The number of hydrogen-bond acceptors (Lipinski definition) is 3. The van der Waals surface area contributed by atoms with Crippen LogP contribution in [-0.4, -0.2) is 18.0 Å². The van der Waals surface area contributed by atoms with Gasteiger partial charge in [0.05, 0.1) is 11.2 Å². The summed E-state index contributed by atoms with van der Waals surface area (Å²) in [6.07, 6.45) is 0. The molecule has 0 fully saturated rings. The Kier molecular flexibility index (Phi) is 1.63. The molecule has 1 heterocycles. The van der Waals surface area contributed by atoms with E-state index >= 15 is 0 Å². The Morgan fingerprint density at radius 2 is 2.50 bits per heavy atom. The summed E-state index contributed by atoms with van der Waals surface area (Å²) in [6, 6.07) is 2.92. The van der Waals surface area contributed by atoms with E-state index in [1.54, 1.807) is 13.0 Å². The monoisotopic (exact) mass is 188 g/mol. The highest BCUT2D eigenvalue weighted by Gasteiger charge is 2.07. The standard InChI is InChI=1S/C8H8ClNO2/c1-5-3-4-6(8(11)12-2)10-7(5)9/h3-4H,1-2H3/i2D3. The van der Waals surface area contributed by atoms with Crippen molar-refractivity contribution < 1.29 is 13.6 Å². The van der Waals surface area contributed by atoms with E-state index in [-0.39, 0.29) is 10.8 Å². The molecular weight excluding hydrogens is 178 g/mol. The third-order valence-electron chi connectivity index (χ3n) is 1.34. The highest BCUT2D eigenvalue weighted by Crippen LogP contribution is 2.12. The molecule has 0 N–H and O–H groups in total. The SMILES string of the molecule is [2H]C([2H])([2H])OC(=O)c1ccc(C)c(Cl)n1. The van der Waals surface area contributed by atoms with Crippen LogP contribution in [0.2, 0.25) is 5.15 Å². The fourth-order valence-electron chi connectivity index (χ4n) is 0.670. The smallest absolute Gasteiger partial charge is 0.356 e. The number of carbonyl (C=O) groups is 1. The van der Waals surface area contributed by atoms with Crippen LogP contribution in [0.4, 0.5) is 0 Å². The Balaban J connectivity index is 2.88. The van der Waals surface area contributed by atoms with Gasteiger partial charge in [-0.1, -0.05) is 17.7 Å². The van der Waals surface area contributed by atoms with Gasteiger partial charge in [-0.05, 0) is 18.6 Å². The van der Waals surface area contributed by atoms with Gasteiger partial charge in [0.25, 0.3) is 0 Å². The van der Waals surface area contributed by atoms with E-state index in [9.17, 15) is 4.79 Å². The van der Waals surface area contributed by atoms with Crippen molar-refractivity contribution in [3.05, 3.63) is 28.5 Å². The maximum atomic E-state index is 11.2. The lowest BCUT2D eigenvalue weighted by molar-refractivity contribution is 0.0594. The summed E-state index contributed by atoms with van der Waals surface area (Å²) in [7, 11) is -2.77. The summed E-state index contributed by atoms with van der Waals surface area (Å²) in [6.45, 7) is 1.72. The molecule has 1 rings (SSSR count). The van der Waals surface area contributed by atoms with E-state index in [2.05, 4.69) is 9.72 Å². The second kappa shape index (κ2) is 3.54. The average molecular weight is 189 g/mol. The highest BCUT2D eigenvalue weighted by molar-refractivity contribution is 6.30. The number of nitrogens with zero attached hydrogens (tertiary/aromatic N) is 1. The second-order valence-electron chi connectivity index (χ2n) is 2.19. The Bertz CT molecular complexity index is 392. The van der Waals surface area contributed by atoms with Gasteiger partial charge in [0.1, 0.15) is 10.8 Å². The normalized spacial score (nSPS) is 14.3. The molecule has 0 saturated heterocycles. The average Bonchev–Trinajstić information content (AvgIpc) is 2.06.